The Kier molecular flexibility index (Phi) is 4.14. The molecule has 5 nitrogen and oxygen atoms in total. The van der Waals surface area contributed by atoms with Crippen molar-refractivity contribution in [1.29, 1.82) is 0 Å². The average Bonchev–Trinajstić information content (AvgIpc) is 2.76. The molecule has 1 fully saturated rings. The van der Waals surface area contributed by atoms with E-state index in [0.717, 1.165) is 13.0 Å². The largest absolute Gasteiger partial charge is 0.481 e. The van der Waals surface area contributed by atoms with Gasteiger partial charge in [0.15, 0.2) is 0 Å². The monoisotopic (exact) mass is 242 g/mol. The molecule has 0 aromatic rings. The molecule has 0 aromatic heterocycles. The van der Waals surface area contributed by atoms with Gasteiger partial charge in [-0.25, -0.2) is 0 Å². The number of rotatable bonds is 6. The van der Waals surface area contributed by atoms with Gasteiger partial charge in [-0.1, -0.05) is 13.8 Å². The molecule has 0 aliphatic heterocycles. The summed E-state index contributed by atoms with van der Waals surface area (Å²) in [6.07, 6.45) is 0.879. The molecular formula is C12H22N2O3. The zero-order valence-electron chi connectivity index (χ0n) is 11.0. The number of carbonyl (C=O) groups excluding carboxylic acids is 1. The number of carboxylic acids is 1. The van der Waals surface area contributed by atoms with E-state index in [9.17, 15) is 9.59 Å². The van der Waals surface area contributed by atoms with Gasteiger partial charge in [-0.3, -0.25) is 9.59 Å². The maximum Gasteiger partial charge on any atom is 0.307 e. The van der Waals surface area contributed by atoms with E-state index in [4.69, 9.17) is 5.11 Å². The Morgan fingerprint density at radius 3 is 2.29 bits per heavy atom. The molecule has 0 unspecified atom stereocenters. The summed E-state index contributed by atoms with van der Waals surface area (Å²) in [7, 11) is 3.96. The Morgan fingerprint density at radius 1 is 1.29 bits per heavy atom. The summed E-state index contributed by atoms with van der Waals surface area (Å²) < 4.78 is 0. The molecule has 0 bridgehead atoms. The van der Waals surface area contributed by atoms with Crippen LogP contribution in [0.25, 0.3) is 0 Å². The molecule has 98 valence electrons. The molecule has 0 saturated heterocycles. The maximum atomic E-state index is 11.8. The SMILES string of the molecule is CN(C)CCCNC(=O)[C@H]1[C@@H](C(=O)O)C1(C)C. The van der Waals surface area contributed by atoms with Gasteiger partial charge in [0.1, 0.15) is 0 Å². The van der Waals surface area contributed by atoms with Gasteiger partial charge in [0.25, 0.3) is 0 Å². The topological polar surface area (TPSA) is 69.6 Å². The van der Waals surface area contributed by atoms with Crippen molar-refractivity contribution in [2.45, 2.75) is 20.3 Å². The van der Waals surface area contributed by atoms with Crippen LogP contribution in [0.3, 0.4) is 0 Å². The molecule has 0 heterocycles. The number of hydrogen-bond acceptors (Lipinski definition) is 3. The summed E-state index contributed by atoms with van der Waals surface area (Å²) in [5.74, 6) is -1.90. The van der Waals surface area contributed by atoms with E-state index in [2.05, 4.69) is 5.32 Å². The molecule has 1 aliphatic carbocycles. The normalized spacial score (nSPS) is 25.7. The molecule has 0 spiro atoms. The van der Waals surface area contributed by atoms with Gasteiger partial charge in [0.05, 0.1) is 11.8 Å². The fourth-order valence-corrected chi connectivity index (χ4v) is 2.30. The van der Waals surface area contributed by atoms with Gasteiger partial charge >= 0.3 is 5.97 Å². The standard InChI is InChI=1S/C12H22N2O3/c1-12(2)8(9(12)11(16)17)10(15)13-6-5-7-14(3)4/h8-9H,5-7H2,1-4H3,(H,13,15)(H,16,17)/t8-,9+/m1/s1. The van der Waals surface area contributed by atoms with Crippen LogP contribution in [0, 0.1) is 17.3 Å². The lowest BCUT2D eigenvalue weighted by atomic mass is 10.1. The van der Waals surface area contributed by atoms with E-state index >= 15 is 0 Å². The molecule has 0 radical (unpaired) electrons. The van der Waals surface area contributed by atoms with Gasteiger partial charge in [-0.15, -0.1) is 0 Å². The van der Waals surface area contributed by atoms with Crippen LogP contribution in [-0.2, 0) is 9.59 Å². The molecule has 2 atom stereocenters. The van der Waals surface area contributed by atoms with Crippen molar-refractivity contribution < 1.29 is 14.7 Å². The average molecular weight is 242 g/mol. The van der Waals surface area contributed by atoms with Crippen LogP contribution >= 0.6 is 0 Å². The van der Waals surface area contributed by atoms with Gasteiger partial charge in [0, 0.05) is 6.54 Å². The summed E-state index contributed by atoms with van der Waals surface area (Å²) in [6, 6.07) is 0. The maximum absolute atomic E-state index is 11.8. The molecule has 2 N–H and O–H groups in total. The Hall–Kier alpha value is -1.10. The van der Waals surface area contributed by atoms with Crippen LogP contribution in [0.15, 0.2) is 0 Å². The first-order chi connectivity index (χ1) is 7.78. The van der Waals surface area contributed by atoms with E-state index in [1.165, 1.54) is 0 Å². The van der Waals surface area contributed by atoms with Crippen LogP contribution in [0.1, 0.15) is 20.3 Å². The zero-order valence-corrected chi connectivity index (χ0v) is 11.0. The number of amides is 1. The van der Waals surface area contributed by atoms with Crippen LogP contribution in [0.2, 0.25) is 0 Å². The van der Waals surface area contributed by atoms with Crippen molar-refractivity contribution in [3.63, 3.8) is 0 Å². The predicted octanol–water partition coefficient (Wildman–Crippen LogP) is 0.411. The molecule has 5 heteroatoms. The number of carboxylic acid groups (broad SMARTS) is 1. The zero-order chi connectivity index (χ0) is 13.2. The number of nitrogens with one attached hydrogen (secondary N) is 1. The Bertz CT molecular complexity index is 313. The van der Waals surface area contributed by atoms with E-state index in [-0.39, 0.29) is 11.8 Å². The minimum absolute atomic E-state index is 0.124. The summed E-state index contributed by atoms with van der Waals surface area (Å²) in [5.41, 5.74) is -0.405. The Balaban J connectivity index is 2.33. The highest BCUT2D eigenvalue weighted by atomic mass is 16.4. The van der Waals surface area contributed by atoms with E-state index in [1.54, 1.807) is 0 Å². The molecule has 1 amide bonds. The lowest BCUT2D eigenvalue weighted by Gasteiger charge is -2.10. The van der Waals surface area contributed by atoms with Crippen LogP contribution in [0.5, 0.6) is 0 Å². The minimum Gasteiger partial charge on any atom is -0.481 e. The predicted molar refractivity (Wildman–Crippen MR) is 64.6 cm³/mol. The van der Waals surface area contributed by atoms with E-state index < -0.39 is 17.3 Å². The summed E-state index contributed by atoms with van der Waals surface area (Å²) in [5, 5.41) is 11.8. The van der Waals surface area contributed by atoms with Gasteiger partial charge in [-0.05, 0) is 32.5 Å². The number of carbonyl (C=O) groups is 2. The molecule has 1 rings (SSSR count). The lowest BCUT2D eigenvalue weighted by molar-refractivity contribution is -0.140. The molecule has 1 aliphatic rings. The Morgan fingerprint density at radius 2 is 1.88 bits per heavy atom. The molecule has 1 saturated carbocycles. The van der Waals surface area contributed by atoms with Gasteiger partial charge < -0.3 is 15.3 Å². The van der Waals surface area contributed by atoms with Crippen LogP contribution in [-0.4, -0.2) is 49.1 Å². The smallest absolute Gasteiger partial charge is 0.307 e. The Labute approximate surface area is 102 Å². The van der Waals surface area contributed by atoms with Crippen LogP contribution in [0.4, 0.5) is 0 Å². The second-order valence-corrected chi connectivity index (χ2v) is 5.56. The summed E-state index contributed by atoms with van der Waals surface area (Å²) >= 11 is 0. The third-order valence-corrected chi connectivity index (χ3v) is 3.46. The van der Waals surface area contributed by atoms with Crippen molar-refractivity contribution in [1.82, 2.24) is 10.2 Å². The first-order valence-electron chi connectivity index (χ1n) is 5.93. The second-order valence-electron chi connectivity index (χ2n) is 5.56. The van der Waals surface area contributed by atoms with Gasteiger partial charge in [-0.2, -0.15) is 0 Å². The first kappa shape index (κ1) is 14.0. The summed E-state index contributed by atoms with van der Waals surface area (Å²) in [4.78, 5) is 24.8. The number of hydrogen-bond donors (Lipinski definition) is 2. The van der Waals surface area contributed by atoms with Crippen molar-refractivity contribution in [2.24, 2.45) is 17.3 Å². The summed E-state index contributed by atoms with van der Waals surface area (Å²) in [6.45, 7) is 5.18. The molecule has 0 aromatic carbocycles. The van der Waals surface area contributed by atoms with Crippen molar-refractivity contribution in [3.05, 3.63) is 0 Å². The van der Waals surface area contributed by atoms with Crippen molar-refractivity contribution >= 4 is 11.9 Å². The lowest BCUT2D eigenvalue weighted by Crippen LogP contribution is -2.30. The third kappa shape index (κ3) is 3.19. The second kappa shape index (κ2) is 5.04. The fourth-order valence-electron chi connectivity index (χ4n) is 2.30. The number of nitrogens with zero attached hydrogens (tertiary/aromatic N) is 1. The highest BCUT2D eigenvalue weighted by Gasteiger charge is 2.65. The van der Waals surface area contributed by atoms with Crippen LogP contribution < -0.4 is 5.32 Å². The van der Waals surface area contributed by atoms with E-state index in [0.29, 0.717) is 6.54 Å². The third-order valence-electron chi connectivity index (χ3n) is 3.46. The highest BCUT2D eigenvalue weighted by Crippen LogP contribution is 2.58. The van der Waals surface area contributed by atoms with E-state index in [1.807, 2.05) is 32.8 Å². The quantitative estimate of drug-likeness (QED) is 0.662. The van der Waals surface area contributed by atoms with Crippen molar-refractivity contribution in [3.8, 4) is 0 Å². The first-order valence-corrected chi connectivity index (χ1v) is 5.93. The number of aliphatic carboxylic acids is 1. The van der Waals surface area contributed by atoms with Crippen molar-refractivity contribution in [2.75, 3.05) is 27.2 Å². The minimum atomic E-state index is -0.872. The molecular weight excluding hydrogens is 220 g/mol. The fraction of sp³-hybridized carbons (Fsp3) is 0.833. The highest BCUT2D eigenvalue weighted by molar-refractivity contribution is 5.91. The van der Waals surface area contributed by atoms with Gasteiger partial charge in [0.2, 0.25) is 5.91 Å². The molecule has 17 heavy (non-hydrogen) atoms.